The highest BCUT2D eigenvalue weighted by Gasteiger charge is 2.24. The summed E-state index contributed by atoms with van der Waals surface area (Å²) in [6.45, 7) is 2.68. The molecule has 0 unspecified atom stereocenters. The Labute approximate surface area is 99.1 Å². The Morgan fingerprint density at radius 1 is 1.25 bits per heavy atom. The Hall–Kier alpha value is -0.840. The number of hydrogen-bond acceptors (Lipinski definition) is 4. The van der Waals surface area contributed by atoms with E-state index in [1.165, 1.54) is 11.8 Å². The summed E-state index contributed by atoms with van der Waals surface area (Å²) in [5.74, 6) is 0. The van der Waals surface area contributed by atoms with E-state index in [9.17, 15) is 4.79 Å². The summed E-state index contributed by atoms with van der Waals surface area (Å²) in [7, 11) is 0. The van der Waals surface area contributed by atoms with Crippen molar-refractivity contribution in [3.8, 4) is 0 Å². The molecule has 3 nitrogen and oxygen atoms in total. The van der Waals surface area contributed by atoms with Crippen LogP contribution in [0.2, 0.25) is 0 Å². The predicted molar refractivity (Wildman–Crippen MR) is 63.1 cm³/mol. The maximum absolute atomic E-state index is 10.9. The SMILES string of the molecule is CC(=O)SC1COC(c2ccccc2)OC1. The van der Waals surface area contributed by atoms with E-state index in [1.54, 1.807) is 6.92 Å². The number of rotatable bonds is 2. The van der Waals surface area contributed by atoms with Gasteiger partial charge in [0.2, 0.25) is 0 Å². The molecule has 0 radical (unpaired) electrons. The van der Waals surface area contributed by atoms with E-state index in [-0.39, 0.29) is 16.7 Å². The standard InChI is InChI=1S/C12H14O3S/c1-9(13)16-11-7-14-12(15-8-11)10-5-3-2-4-6-10/h2-6,11-12H,7-8H2,1H3. The first-order chi connectivity index (χ1) is 7.75. The molecule has 2 rings (SSSR count). The lowest BCUT2D eigenvalue weighted by molar-refractivity contribution is -0.179. The van der Waals surface area contributed by atoms with Gasteiger partial charge < -0.3 is 9.47 Å². The molecule has 16 heavy (non-hydrogen) atoms. The van der Waals surface area contributed by atoms with Crippen molar-refractivity contribution in [1.29, 1.82) is 0 Å². The van der Waals surface area contributed by atoms with Gasteiger partial charge in [-0.05, 0) is 0 Å². The van der Waals surface area contributed by atoms with Crippen LogP contribution < -0.4 is 0 Å². The van der Waals surface area contributed by atoms with Crippen LogP contribution in [-0.4, -0.2) is 23.6 Å². The quantitative estimate of drug-likeness (QED) is 0.792. The molecule has 0 bridgehead atoms. The minimum Gasteiger partial charge on any atom is -0.347 e. The molecular weight excluding hydrogens is 224 g/mol. The Balaban J connectivity index is 1.88. The van der Waals surface area contributed by atoms with Crippen LogP contribution in [0.5, 0.6) is 0 Å². The Bertz CT molecular complexity index is 345. The molecule has 1 aliphatic heterocycles. The van der Waals surface area contributed by atoms with Crippen molar-refractivity contribution < 1.29 is 14.3 Å². The molecule has 0 saturated carbocycles. The lowest BCUT2D eigenvalue weighted by atomic mass is 10.2. The highest BCUT2D eigenvalue weighted by molar-refractivity contribution is 8.14. The van der Waals surface area contributed by atoms with Crippen LogP contribution >= 0.6 is 11.8 Å². The van der Waals surface area contributed by atoms with E-state index in [1.807, 2.05) is 30.3 Å². The van der Waals surface area contributed by atoms with Gasteiger partial charge in [-0.3, -0.25) is 4.79 Å². The van der Waals surface area contributed by atoms with E-state index >= 15 is 0 Å². The Morgan fingerprint density at radius 3 is 2.44 bits per heavy atom. The lowest BCUT2D eigenvalue weighted by Crippen LogP contribution is -2.29. The van der Waals surface area contributed by atoms with Gasteiger partial charge in [-0.25, -0.2) is 0 Å². The number of carbonyl (C=O) groups is 1. The van der Waals surface area contributed by atoms with Gasteiger partial charge in [0.1, 0.15) is 0 Å². The normalized spacial score (nSPS) is 25.3. The van der Waals surface area contributed by atoms with E-state index in [0.717, 1.165) is 5.56 Å². The summed E-state index contributed by atoms with van der Waals surface area (Å²) in [5, 5.41) is 0.229. The van der Waals surface area contributed by atoms with E-state index in [0.29, 0.717) is 13.2 Å². The van der Waals surface area contributed by atoms with Crippen molar-refractivity contribution in [3.05, 3.63) is 35.9 Å². The fraction of sp³-hybridized carbons (Fsp3) is 0.417. The van der Waals surface area contributed by atoms with Gasteiger partial charge in [0.15, 0.2) is 11.4 Å². The molecule has 1 aliphatic rings. The number of carbonyl (C=O) groups excluding carboxylic acids is 1. The summed E-state index contributed by atoms with van der Waals surface area (Å²) in [6, 6.07) is 9.82. The topological polar surface area (TPSA) is 35.5 Å². The first kappa shape index (κ1) is 11.6. The van der Waals surface area contributed by atoms with E-state index in [4.69, 9.17) is 9.47 Å². The zero-order valence-electron chi connectivity index (χ0n) is 9.09. The van der Waals surface area contributed by atoms with Crippen molar-refractivity contribution in [3.63, 3.8) is 0 Å². The maximum atomic E-state index is 10.9. The zero-order valence-corrected chi connectivity index (χ0v) is 9.91. The molecule has 0 aliphatic carbocycles. The van der Waals surface area contributed by atoms with Crippen LogP contribution in [0.4, 0.5) is 0 Å². The third-order valence-electron chi connectivity index (χ3n) is 2.27. The second-order valence-electron chi connectivity index (χ2n) is 3.64. The molecule has 1 aromatic rings. The molecule has 86 valence electrons. The summed E-state index contributed by atoms with van der Waals surface area (Å²) in [6.07, 6.45) is -0.287. The fourth-order valence-electron chi connectivity index (χ4n) is 1.59. The van der Waals surface area contributed by atoms with Crippen molar-refractivity contribution >= 4 is 16.9 Å². The molecule has 1 fully saturated rings. The third kappa shape index (κ3) is 3.07. The van der Waals surface area contributed by atoms with Crippen LogP contribution in [-0.2, 0) is 14.3 Å². The van der Waals surface area contributed by atoms with Crippen molar-refractivity contribution in [1.82, 2.24) is 0 Å². The summed E-state index contributed by atoms with van der Waals surface area (Å²) in [5.41, 5.74) is 1.02. The van der Waals surface area contributed by atoms with Crippen LogP contribution in [0, 0.1) is 0 Å². The van der Waals surface area contributed by atoms with Crippen LogP contribution in [0.15, 0.2) is 30.3 Å². The maximum Gasteiger partial charge on any atom is 0.186 e. The summed E-state index contributed by atoms with van der Waals surface area (Å²) >= 11 is 1.28. The van der Waals surface area contributed by atoms with E-state index < -0.39 is 0 Å². The van der Waals surface area contributed by atoms with Crippen molar-refractivity contribution in [2.24, 2.45) is 0 Å². The van der Waals surface area contributed by atoms with Gasteiger partial charge >= 0.3 is 0 Å². The second-order valence-corrected chi connectivity index (χ2v) is 5.12. The smallest absolute Gasteiger partial charge is 0.186 e. The molecule has 0 aromatic heterocycles. The van der Waals surface area contributed by atoms with Crippen molar-refractivity contribution in [2.45, 2.75) is 18.5 Å². The molecule has 4 heteroatoms. The number of hydrogen-bond donors (Lipinski definition) is 0. The summed E-state index contributed by atoms with van der Waals surface area (Å²) < 4.78 is 11.2. The van der Waals surface area contributed by atoms with Gasteiger partial charge in [-0.15, -0.1) is 0 Å². The number of ether oxygens (including phenoxy) is 2. The number of thioether (sulfide) groups is 1. The molecular formula is C12H14O3S. The molecule has 1 aromatic carbocycles. The minimum absolute atomic E-state index is 0.107. The third-order valence-corrected chi connectivity index (χ3v) is 3.21. The fourth-order valence-corrected chi connectivity index (χ4v) is 2.35. The average Bonchev–Trinajstić information content (AvgIpc) is 2.30. The first-order valence-electron chi connectivity index (χ1n) is 5.21. The highest BCUT2D eigenvalue weighted by Crippen LogP contribution is 2.27. The Kier molecular flexibility index (Phi) is 3.98. The molecule has 0 spiro atoms. The summed E-state index contributed by atoms with van der Waals surface area (Å²) in [4.78, 5) is 10.9. The Morgan fingerprint density at radius 2 is 1.88 bits per heavy atom. The van der Waals surface area contributed by atoms with Crippen molar-refractivity contribution in [2.75, 3.05) is 13.2 Å². The van der Waals surface area contributed by atoms with E-state index in [2.05, 4.69) is 0 Å². The largest absolute Gasteiger partial charge is 0.347 e. The first-order valence-corrected chi connectivity index (χ1v) is 6.09. The van der Waals surface area contributed by atoms with Gasteiger partial charge in [-0.1, -0.05) is 42.1 Å². The predicted octanol–water partition coefficient (Wildman–Crippen LogP) is 2.38. The lowest BCUT2D eigenvalue weighted by Gasteiger charge is -2.28. The molecule has 0 amide bonds. The van der Waals surface area contributed by atoms with Crippen LogP contribution in [0.3, 0.4) is 0 Å². The van der Waals surface area contributed by atoms with Gasteiger partial charge in [0.25, 0.3) is 0 Å². The van der Waals surface area contributed by atoms with Crippen LogP contribution in [0.25, 0.3) is 0 Å². The van der Waals surface area contributed by atoms with Gasteiger partial charge in [0.05, 0.1) is 18.5 Å². The zero-order chi connectivity index (χ0) is 11.4. The highest BCUT2D eigenvalue weighted by atomic mass is 32.2. The van der Waals surface area contributed by atoms with Crippen LogP contribution in [0.1, 0.15) is 18.8 Å². The monoisotopic (exact) mass is 238 g/mol. The molecule has 1 saturated heterocycles. The van der Waals surface area contributed by atoms with Gasteiger partial charge in [0, 0.05) is 12.5 Å². The molecule has 0 N–H and O–H groups in total. The minimum atomic E-state index is -0.287. The number of benzene rings is 1. The molecule has 0 atom stereocenters. The molecule has 1 heterocycles. The van der Waals surface area contributed by atoms with Gasteiger partial charge in [-0.2, -0.15) is 0 Å². The second kappa shape index (κ2) is 5.48. The average molecular weight is 238 g/mol.